The van der Waals surface area contributed by atoms with E-state index in [0.717, 1.165) is 18.4 Å². The molecule has 0 unspecified atom stereocenters. The Morgan fingerprint density at radius 1 is 1.50 bits per heavy atom. The van der Waals surface area contributed by atoms with Crippen molar-refractivity contribution >= 4 is 21.5 Å². The molecule has 0 atom stereocenters. The highest BCUT2D eigenvalue weighted by molar-refractivity contribution is 9.09. The lowest BCUT2D eigenvalue weighted by atomic mass is 9.98. The van der Waals surface area contributed by atoms with E-state index in [9.17, 15) is 0 Å². The first kappa shape index (κ1) is 11.6. The molecule has 0 aliphatic carbocycles. The van der Waals surface area contributed by atoms with Crippen molar-refractivity contribution in [3.8, 4) is 5.88 Å². The Labute approximate surface area is 104 Å². The molecule has 1 aliphatic heterocycles. The van der Waals surface area contributed by atoms with Crippen LogP contribution in [0.5, 0.6) is 5.88 Å². The number of aromatic nitrogens is 1. The van der Waals surface area contributed by atoms with Crippen molar-refractivity contribution in [2.24, 2.45) is 0 Å². The summed E-state index contributed by atoms with van der Waals surface area (Å²) in [6, 6.07) is 3.94. The molecular formula is C12H14BrNO2. The van der Waals surface area contributed by atoms with E-state index in [1.807, 2.05) is 12.3 Å². The van der Waals surface area contributed by atoms with E-state index in [1.165, 1.54) is 16.7 Å². The number of ether oxygens (including phenoxy) is 2. The molecule has 1 aromatic heterocycles. The van der Waals surface area contributed by atoms with Crippen molar-refractivity contribution in [1.82, 2.24) is 4.98 Å². The van der Waals surface area contributed by atoms with Crippen LogP contribution in [0.15, 0.2) is 23.9 Å². The zero-order chi connectivity index (χ0) is 11.4. The van der Waals surface area contributed by atoms with Gasteiger partial charge in [0.2, 0.25) is 5.88 Å². The fourth-order valence-electron chi connectivity index (χ4n) is 1.78. The number of alkyl halides is 1. The molecule has 0 aromatic carbocycles. The van der Waals surface area contributed by atoms with E-state index in [0.29, 0.717) is 12.5 Å². The third-order valence-corrected chi connectivity index (χ3v) is 3.33. The smallest absolute Gasteiger partial charge is 0.212 e. The van der Waals surface area contributed by atoms with Crippen LogP contribution in [-0.4, -0.2) is 30.6 Å². The molecule has 2 rings (SSSR count). The number of methoxy groups -OCH3 is 1. The Hall–Kier alpha value is -0.870. The lowest BCUT2D eigenvalue weighted by molar-refractivity contribution is 0.154. The van der Waals surface area contributed by atoms with Gasteiger partial charge in [-0.1, -0.05) is 15.9 Å². The number of halogens is 1. The molecule has 0 amide bonds. The molecule has 0 spiro atoms. The third-order valence-electron chi connectivity index (χ3n) is 2.65. The van der Waals surface area contributed by atoms with Gasteiger partial charge in [-0.3, -0.25) is 0 Å². The van der Waals surface area contributed by atoms with Crippen LogP contribution in [0.25, 0.3) is 5.57 Å². The first-order chi connectivity index (χ1) is 7.85. The summed E-state index contributed by atoms with van der Waals surface area (Å²) in [7, 11) is 1.62. The minimum atomic E-state index is 0.650. The molecule has 0 N–H and O–H groups in total. The standard InChI is InChI=1S/C12H14BrNO2/c1-15-12-3-2-9(7-14-12)11-4-5-16-8-10(11)6-13/h2-3,7H,4-6,8H2,1H3. The molecule has 0 saturated heterocycles. The highest BCUT2D eigenvalue weighted by Gasteiger charge is 2.14. The van der Waals surface area contributed by atoms with Gasteiger partial charge in [0, 0.05) is 17.6 Å². The molecule has 0 fully saturated rings. The van der Waals surface area contributed by atoms with Gasteiger partial charge in [-0.2, -0.15) is 0 Å². The Morgan fingerprint density at radius 3 is 3.00 bits per heavy atom. The van der Waals surface area contributed by atoms with Gasteiger partial charge < -0.3 is 9.47 Å². The first-order valence-electron chi connectivity index (χ1n) is 5.20. The molecular weight excluding hydrogens is 270 g/mol. The van der Waals surface area contributed by atoms with Gasteiger partial charge in [0.05, 0.1) is 20.3 Å². The lowest BCUT2D eigenvalue weighted by Crippen LogP contribution is -2.11. The van der Waals surface area contributed by atoms with Crippen LogP contribution in [0.3, 0.4) is 0 Å². The molecule has 0 saturated carbocycles. The second kappa shape index (κ2) is 5.46. The normalized spacial score (nSPS) is 16.4. The predicted molar refractivity (Wildman–Crippen MR) is 66.9 cm³/mol. The zero-order valence-corrected chi connectivity index (χ0v) is 10.8. The van der Waals surface area contributed by atoms with Crippen LogP contribution in [0.4, 0.5) is 0 Å². The van der Waals surface area contributed by atoms with E-state index in [2.05, 4.69) is 27.0 Å². The maximum absolute atomic E-state index is 5.44. The van der Waals surface area contributed by atoms with E-state index < -0.39 is 0 Å². The number of pyridine rings is 1. The van der Waals surface area contributed by atoms with Gasteiger partial charge >= 0.3 is 0 Å². The Bertz CT molecular complexity index is 387. The summed E-state index contributed by atoms with van der Waals surface area (Å²) in [6.45, 7) is 1.50. The third kappa shape index (κ3) is 2.44. The fraction of sp³-hybridized carbons (Fsp3) is 0.417. The molecule has 3 nitrogen and oxygen atoms in total. The molecule has 4 heteroatoms. The van der Waals surface area contributed by atoms with Crippen LogP contribution >= 0.6 is 15.9 Å². The van der Waals surface area contributed by atoms with Crippen molar-refractivity contribution in [3.63, 3.8) is 0 Å². The van der Waals surface area contributed by atoms with E-state index in [4.69, 9.17) is 9.47 Å². The quantitative estimate of drug-likeness (QED) is 0.800. The Kier molecular flexibility index (Phi) is 3.96. The topological polar surface area (TPSA) is 31.4 Å². The summed E-state index contributed by atoms with van der Waals surface area (Å²) < 4.78 is 10.5. The van der Waals surface area contributed by atoms with Gasteiger partial charge in [-0.15, -0.1) is 0 Å². The predicted octanol–water partition coefficient (Wildman–Crippen LogP) is 2.66. The molecule has 2 heterocycles. The van der Waals surface area contributed by atoms with Crippen LogP contribution in [0.2, 0.25) is 0 Å². The van der Waals surface area contributed by atoms with E-state index in [1.54, 1.807) is 7.11 Å². The van der Waals surface area contributed by atoms with Crippen LogP contribution < -0.4 is 4.74 Å². The highest BCUT2D eigenvalue weighted by atomic mass is 79.9. The summed E-state index contributed by atoms with van der Waals surface area (Å²) in [5.41, 5.74) is 3.81. The van der Waals surface area contributed by atoms with Gasteiger partial charge in [0.25, 0.3) is 0 Å². The average Bonchev–Trinajstić information content (AvgIpc) is 2.39. The van der Waals surface area contributed by atoms with Crippen molar-refractivity contribution in [2.75, 3.05) is 25.7 Å². The van der Waals surface area contributed by atoms with Crippen molar-refractivity contribution in [2.45, 2.75) is 6.42 Å². The summed E-state index contributed by atoms with van der Waals surface area (Å²) >= 11 is 3.49. The van der Waals surface area contributed by atoms with Crippen LogP contribution in [0, 0.1) is 0 Å². The molecule has 16 heavy (non-hydrogen) atoms. The molecule has 0 bridgehead atoms. The van der Waals surface area contributed by atoms with Crippen LogP contribution in [-0.2, 0) is 4.74 Å². The minimum absolute atomic E-state index is 0.650. The van der Waals surface area contributed by atoms with Crippen molar-refractivity contribution in [1.29, 1.82) is 0 Å². The average molecular weight is 284 g/mol. The number of hydrogen-bond donors (Lipinski definition) is 0. The largest absolute Gasteiger partial charge is 0.481 e. The summed E-state index contributed by atoms with van der Waals surface area (Å²) in [6.07, 6.45) is 2.82. The van der Waals surface area contributed by atoms with Gasteiger partial charge in [0.1, 0.15) is 0 Å². The SMILES string of the molecule is COc1ccc(C2=C(CBr)COCC2)cn1. The Balaban J connectivity index is 2.30. The molecule has 1 aliphatic rings. The molecule has 0 radical (unpaired) electrons. The highest BCUT2D eigenvalue weighted by Crippen LogP contribution is 2.27. The zero-order valence-electron chi connectivity index (χ0n) is 9.20. The second-order valence-electron chi connectivity index (χ2n) is 3.61. The maximum Gasteiger partial charge on any atom is 0.212 e. The van der Waals surface area contributed by atoms with Crippen molar-refractivity contribution in [3.05, 3.63) is 29.5 Å². The summed E-state index contributed by atoms with van der Waals surface area (Å²) in [5.74, 6) is 0.650. The first-order valence-corrected chi connectivity index (χ1v) is 6.32. The fourth-order valence-corrected chi connectivity index (χ4v) is 2.28. The van der Waals surface area contributed by atoms with Crippen molar-refractivity contribution < 1.29 is 9.47 Å². The Morgan fingerprint density at radius 2 is 2.38 bits per heavy atom. The number of hydrogen-bond acceptors (Lipinski definition) is 3. The number of nitrogens with zero attached hydrogens (tertiary/aromatic N) is 1. The monoisotopic (exact) mass is 283 g/mol. The van der Waals surface area contributed by atoms with E-state index in [-0.39, 0.29) is 0 Å². The lowest BCUT2D eigenvalue weighted by Gasteiger charge is -2.19. The summed E-state index contributed by atoms with van der Waals surface area (Å²) in [4.78, 5) is 4.23. The van der Waals surface area contributed by atoms with Gasteiger partial charge in [-0.05, 0) is 29.2 Å². The van der Waals surface area contributed by atoms with Crippen LogP contribution in [0.1, 0.15) is 12.0 Å². The molecule has 1 aromatic rings. The van der Waals surface area contributed by atoms with Gasteiger partial charge in [-0.25, -0.2) is 4.98 Å². The summed E-state index contributed by atoms with van der Waals surface area (Å²) in [5, 5.41) is 0.856. The van der Waals surface area contributed by atoms with Gasteiger partial charge in [0.15, 0.2) is 0 Å². The maximum atomic E-state index is 5.44. The number of rotatable bonds is 3. The molecule has 86 valence electrons. The minimum Gasteiger partial charge on any atom is -0.481 e. The second-order valence-corrected chi connectivity index (χ2v) is 4.17. The van der Waals surface area contributed by atoms with E-state index >= 15 is 0 Å².